The van der Waals surface area contributed by atoms with E-state index < -0.39 is 24.2 Å². The molecule has 10 bridgehead atoms. The van der Waals surface area contributed by atoms with Crippen molar-refractivity contribution in [1.82, 2.24) is 0 Å². The van der Waals surface area contributed by atoms with Gasteiger partial charge in [0.05, 0.1) is 19.6 Å². The van der Waals surface area contributed by atoms with Crippen LogP contribution in [0.4, 0.5) is 5.69 Å². The lowest BCUT2D eigenvalue weighted by atomic mass is 9.74. The van der Waals surface area contributed by atoms with Crippen LogP contribution in [0.1, 0.15) is 120 Å². The lowest BCUT2D eigenvalue weighted by Crippen LogP contribution is -2.27. The van der Waals surface area contributed by atoms with Crippen LogP contribution in [0, 0.1) is 29.8 Å². The molecule has 0 aromatic heterocycles. The summed E-state index contributed by atoms with van der Waals surface area (Å²) in [6, 6.07) is 25.3. The lowest BCUT2D eigenvalue weighted by molar-refractivity contribution is -0.121. The first kappa shape index (κ1) is 54.4. The average Bonchev–Trinajstić information content (AvgIpc) is 3.55. The van der Waals surface area contributed by atoms with Gasteiger partial charge >= 0.3 is 0 Å². The largest absolute Gasteiger partial charge is 0.508 e. The quantitative estimate of drug-likeness (QED) is 0.0182. The van der Waals surface area contributed by atoms with Gasteiger partial charge < -0.3 is 55.5 Å². The zero-order valence-electron chi connectivity index (χ0n) is 44.4. The van der Waals surface area contributed by atoms with E-state index in [2.05, 4.69) is 53.5 Å². The van der Waals surface area contributed by atoms with E-state index in [1.54, 1.807) is 32.4 Å². The summed E-state index contributed by atoms with van der Waals surface area (Å²) in [4.78, 5) is 18.3. The summed E-state index contributed by atoms with van der Waals surface area (Å²) in [5.74, 6) is 2.58. The van der Waals surface area contributed by atoms with Crippen molar-refractivity contribution >= 4 is 34.3 Å². The summed E-state index contributed by atoms with van der Waals surface area (Å²) in [6.45, 7) is 5.02. The number of rotatable bonds is 14. The second kappa shape index (κ2) is 24.8. The molecule has 402 valence electrons. The first-order valence-electron chi connectivity index (χ1n) is 26.9. The highest BCUT2D eigenvalue weighted by Crippen LogP contribution is 2.49. The van der Waals surface area contributed by atoms with Crippen LogP contribution in [0.2, 0.25) is 0 Å². The number of fused-ring (bicyclic) bond motifs is 7. The van der Waals surface area contributed by atoms with Gasteiger partial charge in [-0.2, -0.15) is 0 Å². The minimum atomic E-state index is -1.92. The molecule has 0 spiro atoms. The maximum Gasteiger partial charge on any atom is 0.192 e. The fourth-order valence-corrected chi connectivity index (χ4v) is 11.6. The van der Waals surface area contributed by atoms with Gasteiger partial charge in [-0.15, -0.1) is 0 Å². The number of methoxy groups -OCH3 is 1. The number of nitrogens with one attached hydrogen (secondary N) is 1. The number of Topliss-reactive ketones (excluding diaryl/α,β-unsaturated/α-hetero) is 1. The highest BCUT2D eigenvalue weighted by molar-refractivity contribution is 6.01. The van der Waals surface area contributed by atoms with Crippen molar-refractivity contribution in [2.45, 2.75) is 102 Å². The molecule has 13 nitrogen and oxygen atoms in total. The van der Waals surface area contributed by atoms with Crippen LogP contribution >= 0.6 is 0 Å². The van der Waals surface area contributed by atoms with E-state index in [1.165, 1.54) is 0 Å². The van der Waals surface area contributed by atoms with Crippen LogP contribution in [0.5, 0.6) is 17.2 Å². The van der Waals surface area contributed by atoms with Gasteiger partial charge in [-0.1, -0.05) is 85.7 Å². The Hall–Kier alpha value is -7.34. The number of guanidine groups is 1. The zero-order valence-corrected chi connectivity index (χ0v) is 44.4. The van der Waals surface area contributed by atoms with E-state index in [9.17, 15) is 30.3 Å². The third kappa shape index (κ3) is 12.6. The van der Waals surface area contributed by atoms with Crippen molar-refractivity contribution in [3.8, 4) is 29.3 Å². The Bertz CT molecular complexity index is 3200. The molecule has 0 unspecified atom stereocenters. The molecule has 0 radical (unpaired) electrons. The number of carbonyl (C=O) groups excluding carboxylic acids is 1. The van der Waals surface area contributed by atoms with E-state index >= 15 is 0 Å². The standard InChI is InChI=1S/C64H71N3O10/c1-5-75-24-22-40-8-6-10-43(26-40)50-20-17-44-30-45(27-42(36-68)14-13-39-9-7-11-47(28-39)67-64(65)66-3)46(32-57(44)70)31-49-33-48(69)18-15-41-16-21-59(74-4)60(29-41)77-37-56-51-19-12-38(2)53-35-58(71)62(52(50)23-25-76-49)55(61(51)53)34-54(56)63(72)73/h6-12,16-17,19-21,26,28-30,32,34-35,38,42,45-46,49-50,52,63,68,70-73H,5,13-15,18,22,24,27,31,33,36-37H2,1-4H3,(H3,65,66,67)/b20-17+/t38-,42-,45+,46+,49+,50+,52-/m1/s1. The van der Waals surface area contributed by atoms with Crippen LogP contribution in [-0.4, -0.2) is 77.4 Å². The average molecular weight is 1040 g/mol. The number of aliphatic hydroxyl groups excluding tert-OH is 3. The number of aliphatic hydroxyl groups is 4. The third-order valence-electron chi connectivity index (χ3n) is 15.7. The van der Waals surface area contributed by atoms with Gasteiger partial charge in [-0.05, 0) is 150 Å². The molecule has 5 aromatic rings. The molecule has 0 amide bonds. The normalized spacial score (nSPS) is 22.1. The summed E-state index contributed by atoms with van der Waals surface area (Å²) >= 11 is 0. The highest BCUT2D eigenvalue weighted by atomic mass is 16.5. The predicted octanol–water partition coefficient (Wildman–Crippen LogP) is 10.5. The fourth-order valence-electron chi connectivity index (χ4n) is 11.6. The molecule has 4 heterocycles. The van der Waals surface area contributed by atoms with Crippen molar-refractivity contribution in [2.24, 2.45) is 28.5 Å². The van der Waals surface area contributed by atoms with Gasteiger partial charge in [0.1, 0.15) is 36.1 Å². The van der Waals surface area contributed by atoms with Gasteiger partial charge in [-0.25, -0.2) is 0 Å². The smallest absolute Gasteiger partial charge is 0.192 e. The minimum absolute atomic E-state index is 0.0309. The molecule has 0 fully saturated rings. The van der Waals surface area contributed by atoms with Gasteiger partial charge in [-0.3, -0.25) is 9.79 Å². The van der Waals surface area contributed by atoms with Crippen molar-refractivity contribution < 1.29 is 49.3 Å². The first-order valence-corrected chi connectivity index (χ1v) is 26.9. The summed E-state index contributed by atoms with van der Waals surface area (Å²) in [7, 11) is 3.18. The Morgan fingerprint density at radius 3 is 2.57 bits per heavy atom. The van der Waals surface area contributed by atoms with Crippen LogP contribution < -0.4 is 20.5 Å². The zero-order chi connectivity index (χ0) is 54.2. The van der Waals surface area contributed by atoms with Crippen LogP contribution in [0.3, 0.4) is 0 Å². The van der Waals surface area contributed by atoms with E-state index in [-0.39, 0.29) is 72.6 Å². The van der Waals surface area contributed by atoms with E-state index in [1.807, 2.05) is 79.8 Å². The van der Waals surface area contributed by atoms with Crippen LogP contribution in [0.15, 0.2) is 126 Å². The van der Waals surface area contributed by atoms with Crippen LogP contribution in [0.25, 0.3) is 16.8 Å². The molecule has 0 saturated heterocycles. The number of hydrogen-bond acceptors (Lipinski definition) is 11. The van der Waals surface area contributed by atoms with Gasteiger partial charge in [0.2, 0.25) is 0 Å². The van der Waals surface area contributed by atoms with Gasteiger partial charge in [0, 0.05) is 72.9 Å². The highest BCUT2D eigenvalue weighted by Gasteiger charge is 2.35. The summed E-state index contributed by atoms with van der Waals surface area (Å²) in [6.07, 6.45) is 16.0. The molecule has 5 aromatic carbocycles. The monoisotopic (exact) mass is 1040 g/mol. The van der Waals surface area contributed by atoms with Crippen molar-refractivity contribution in [2.75, 3.05) is 39.3 Å². The fraction of sp³-hybridized carbons (Fsp3) is 0.375. The molecule has 2 aliphatic carbocycles. The number of aliphatic imine (C=N–C) groups is 1. The molecule has 0 saturated carbocycles. The number of phenolic OH excluding ortho intramolecular Hbond substituents is 1. The molecule has 13 heteroatoms. The molecule has 11 rings (SSSR count). The summed E-state index contributed by atoms with van der Waals surface area (Å²) < 4.78 is 24.8. The molecule has 4 aliphatic heterocycles. The topological polar surface area (TPSA) is 206 Å². The number of nitrogens with two attached hydrogens (primary N) is 1. The number of phenols is 1. The molecular formula is C64H71N3O10. The van der Waals surface area contributed by atoms with E-state index in [0.29, 0.717) is 91.3 Å². The van der Waals surface area contributed by atoms with Crippen molar-refractivity contribution in [3.05, 3.63) is 171 Å². The number of anilines is 1. The van der Waals surface area contributed by atoms with Gasteiger partial charge in [0.25, 0.3) is 0 Å². The Morgan fingerprint density at radius 1 is 0.974 bits per heavy atom. The third-order valence-corrected chi connectivity index (χ3v) is 15.7. The number of benzene rings is 5. The second-order valence-electron chi connectivity index (χ2n) is 20.8. The second-order valence-corrected chi connectivity index (χ2v) is 20.8. The number of ether oxygens (including phenoxy) is 4. The number of allylic oxidation sites excluding steroid dienone is 5. The lowest BCUT2D eigenvalue weighted by Gasteiger charge is -2.31. The Kier molecular flexibility index (Phi) is 17.5. The molecule has 6 aliphatic rings. The molecule has 8 N–H and O–H groups in total. The SMILES string of the molecule is CCOCCc1cccc([C@@H]2/C=C/C3=C[C@H](C[C@H](CO)CCc4cccc(NC(N)=NC)c4)[C@H](C=C3O)C[C@H]3CC(=O)CCc4ccc(OC)c(c4)OCc4c(C(O)O)cc5c(c(O)cc6c5c4C=C[C@H]6C)[C@@H]2C#CO3)c1. The summed E-state index contributed by atoms with van der Waals surface area (Å²) in [5.41, 5.74) is 14.0. The Morgan fingerprint density at radius 2 is 1.79 bits per heavy atom. The summed E-state index contributed by atoms with van der Waals surface area (Å²) in [5, 5.41) is 62.8. The minimum Gasteiger partial charge on any atom is -0.508 e. The molecular weight excluding hydrogens is 971 g/mol. The van der Waals surface area contributed by atoms with E-state index in [0.717, 1.165) is 44.5 Å². The number of ketones is 1. The number of hydrogen-bond donors (Lipinski definition) is 7. The Labute approximate surface area is 451 Å². The number of carbonyl (C=O) groups is 1. The number of nitrogens with zero attached hydrogens (tertiary/aromatic N) is 1. The van der Waals surface area contributed by atoms with Crippen molar-refractivity contribution in [1.29, 1.82) is 0 Å². The Balaban J connectivity index is 1.22. The van der Waals surface area contributed by atoms with Crippen molar-refractivity contribution in [3.63, 3.8) is 0 Å². The maximum absolute atomic E-state index is 14.3. The maximum atomic E-state index is 14.3. The van der Waals surface area contributed by atoms with Gasteiger partial charge in [0.15, 0.2) is 23.7 Å². The van der Waals surface area contributed by atoms with E-state index in [4.69, 9.17) is 24.7 Å². The van der Waals surface area contributed by atoms with Crippen LogP contribution in [-0.2, 0) is 40.1 Å². The molecule has 7 atom stereocenters. The predicted molar refractivity (Wildman–Crippen MR) is 301 cm³/mol. The first-order chi connectivity index (χ1) is 37.3. The number of aromatic hydroxyl groups is 1. The number of aryl methyl sites for hydroxylation is 2. The molecule has 77 heavy (non-hydrogen) atoms.